The maximum Gasteiger partial charge on any atom is 0.240 e. The number of amides is 2. The summed E-state index contributed by atoms with van der Waals surface area (Å²) in [6, 6.07) is 1.22. The van der Waals surface area contributed by atoms with Crippen LogP contribution in [0.1, 0.15) is 25.2 Å². The predicted octanol–water partition coefficient (Wildman–Crippen LogP) is 0.812. The zero-order valence-electron chi connectivity index (χ0n) is 12.1. The minimum Gasteiger partial charge on any atom is -0.368 e. The number of rotatable bonds is 6. The molecule has 0 aromatic carbocycles. The molecule has 1 rings (SSSR count). The van der Waals surface area contributed by atoms with Crippen molar-refractivity contribution in [2.45, 2.75) is 38.9 Å². The van der Waals surface area contributed by atoms with Crippen LogP contribution in [0.3, 0.4) is 0 Å². The SMILES string of the molecule is Cc1cc(C)nc(SCC(=O)N[C@@H](C(N)=O)C(C)C)n1. The second kappa shape index (κ2) is 7.23. The van der Waals surface area contributed by atoms with Gasteiger partial charge in [0.15, 0.2) is 5.16 Å². The van der Waals surface area contributed by atoms with E-state index in [4.69, 9.17) is 5.73 Å². The standard InChI is InChI=1S/C13H20N4O2S/c1-7(2)11(12(14)19)17-10(18)6-20-13-15-8(3)5-9(4)16-13/h5,7,11H,6H2,1-4H3,(H2,14,19)(H,17,18)/t11-/m1/s1. The third-order valence-corrected chi connectivity index (χ3v) is 3.43. The van der Waals surface area contributed by atoms with Gasteiger partial charge in [-0.05, 0) is 25.8 Å². The fraction of sp³-hybridized carbons (Fsp3) is 0.538. The van der Waals surface area contributed by atoms with Crippen molar-refractivity contribution >= 4 is 23.6 Å². The van der Waals surface area contributed by atoms with E-state index in [0.717, 1.165) is 11.4 Å². The summed E-state index contributed by atoms with van der Waals surface area (Å²) in [7, 11) is 0. The van der Waals surface area contributed by atoms with E-state index in [-0.39, 0.29) is 17.6 Å². The van der Waals surface area contributed by atoms with Crippen LogP contribution in [0.4, 0.5) is 0 Å². The van der Waals surface area contributed by atoms with Gasteiger partial charge in [0.2, 0.25) is 11.8 Å². The Labute approximate surface area is 122 Å². The Morgan fingerprint density at radius 3 is 2.30 bits per heavy atom. The lowest BCUT2D eigenvalue weighted by molar-refractivity contribution is -0.126. The number of primary amides is 1. The van der Waals surface area contributed by atoms with Gasteiger partial charge in [-0.2, -0.15) is 0 Å². The summed E-state index contributed by atoms with van der Waals surface area (Å²) in [6.45, 7) is 7.41. The Kier molecular flexibility index (Phi) is 5.94. The second-order valence-corrected chi connectivity index (χ2v) is 5.86. The molecule has 0 aliphatic carbocycles. The van der Waals surface area contributed by atoms with Crippen molar-refractivity contribution in [1.82, 2.24) is 15.3 Å². The first kappa shape index (κ1) is 16.4. The number of nitrogens with one attached hydrogen (secondary N) is 1. The summed E-state index contributed by atoms with van der Waals surface area (Å²) in [5.41, 5.74) is 6.97. The van der Waals surface area contributed by atoms with Gasteiger partial charge >= 0.3 is 0 Å². The molecule has 3 N–H and O–H groups in total. The number of carbonyl (C=O) groups is 2. The van der Waals surface area contributed by atoms with Gasteiger partial charge in [-0.25, -0.2) is 9.97 Å². The van der Waals surface area contributed by atoms with Crippen LogP contribution >= 0.6 is 11.8 Å². The fourth-order valence-corrected chi connectivity index (χ4v) is 2.43. The van der Waals surface area contributed by atoms with Gasteiger partial charge in [-0.3, -0.25) is 9.59 Å². The molecular weight excluding hydrogens is 276 g/mol. The molecule has 6 nitrogen and oxygen atoms in total. The van der Waals surface area contributed by atoms with Gasteiger partial charge in [0, 0.05) is 11.4 Å². The Balaban J connectivity index is 2.56. The molecule has 0 aliphatic rings. The molecule has 0 saturated heterocycles. The first-order chi connectivity index (χ1) is 9.29. The lowest BCUT2D eigenvalue weighted by Crippen LogP contribution is -2.48. The summed E-state index contributed by atoms with van der Waals surface area (Å²) in [4.78, 5) is 31.5. The normalized spacial score (nSPS) is 12.2. The van der Waals surface area contributed by atoms with Crippen LogP contribution in [0.5, 0.6) is 0 Å². The molecular formula is C13H20N4O2S. The van der Waals surface area contributed by atoms with E-state index in [2.05, 4.69) is 15.3 Å². The van der Waals surface area contributed by atoms with Gasteiger partial charge in [-0.1, -0.05) is 25.6 Å². The monoisotopic (exact) mass is 296 g/mol. The zero-order valence-corrected chi connectivity index (χ0v) is 13.0. The Bertz CT molecular complexity index is 485. The molecule has 0 unspecified atom stereocenters. The minimum atomic E-state index is -0.650. The molecule has 1 heterocycles. The molecule has 1 aromatic heterocycles. The van der Waals surface area contributed by atoms with Crippen LogP contribution in [-0.4, -0.2) is 33.6 Å². The first-order valence-electron chi connectivity index (χ1n) is 6.33. The maximum absolute atomic E-state index is 11.8. The van der Waals surface area contributed by atoms with Gasteiger partial charge in [0.1, 0.15) is 6.04 Å². The molecule has 0 saturated carbocycles. The van der Waals surface area contributed by atoms with E-state index < -0.39 is 11.9 Å². The quantitative estimate of drug-likeness (QED) is 0.598. The average Bonchev–Trinajstić information content (AvgIpc) is 2.31. The van der Waals surface area contributed by atoms with Crippen molar-refractivity contribution in [3.05, 3.63) is 17.5 Å². The molecule has 0 spiro atoms. The first-order valence-corrected chi connectivity index (χ1v) is 7.32. The maximum atomic E-state index is 11.8. The number of hydrogen-bond acceptors (Lipinski definition) is 5. The third-order valence-electron chi connectivity index (χ3n) is 2.58. The Hall–Kier alpha value is -1.63. The smallest absolute Gasteiger partial charge is 0.240 e. The highest BCUT2D eigenvalue weighted by Gasteiger charge is 2.21. The number of nitrogens with zero attached hydrogens (tertiary/aromatic N) is 2. The van der Waals surface area contributed by atoms with Crippen LogP contribution in [-0.2, 0) is 9.59 Å². The summed E-state index contributed by atoms with van der Waals surface area (Å²) in [5, 5.41) is 3.18. The lowest BCUT2D eigenvalue weighted by atomic mass is 10.0. The molecule has 110 valence electrons. The van der Waals surface area contributed by atoms with E-state index in [0.29, 0.717) is 5.16 Å². The summed E-state index contributed by atoms with van der Waals surface area (Å²) >= 11 is 1.24. The van der Waals surface area contributed by atoms with E-state index >= 15 is 0 Å². The molecule has 0 aliphatic heterocycles. The van der Waals surface area contributed by atoms with Gasteiger partial charge in [0.05, 0.1) is 5.75 Å². The average molecular weight is 296 g/mol. The largest absolute Gasteiger partial charge is 0.368 e. The highest BCUT2D eigenvalue weighted by Crippen LogP contribution is 2.14. The third kappa shape index (κ3) is 5.16. The molecule has 0 fully saturated rings. The molecule has 1 atom stereocenters. The van der Waals surface area contributed by atoms with Crippen LogP contribution in [0.25, 0.3) is 0 Å². The number of aromatic nitrogens is 2. The van der Waals surface area contributed by atoms with Crippen molar-refractivity contribution in [2.75, 3.05) is 5.75 Å². The molecule has 1 aromatic rings. The van der Waals surface area contributed by atoms with Crippen molar-refractivity contribution in [3.63, 3.8) is 0 Å². The number of thioether (sulfide) groups is 1. The molecule has 7 heteroatoms. The van der Waals surface area contributed by atoms with E-state index in [9.17, 15) is 9.59 Å². The molecule has 0 bridgehead atoms. The highest BCUT2D eigenvalue weighted by molar-refractivity contribution is 7.99. The second-order valence-electron chi connectivity index (χ2n) is 4.91. The van der Waals surface area contributed by atoms with E-state index in [1.54, 1.807) is 0 Å². The minimum absolute atomic E-state index is 0.0427. The number of hydrogen-bond donors (Lipinski definition) is 2. The Morgan fingerprint density at radius 2 is 1.85 bits per heavy atom. The number of nitrogens with two attached hydrogens (primary N) is 1. The van der Waals surface area contributed by atoms with Crippen molar-refractivity contribution in [1.29, 1.82) is 0 Å². The van der Waals surface area contributed by atoms with Gasteiger partial charge < -0.3 is 11.1 Å². The Morgan fingerprint density at radius 1 is 1.30 bits per heavy atom. The van der Waals surface area contributed by atoms with Crippen molar-refractivity contribution in [3.8, 4) is 0 Å². The van der Waals surface area contributed by atoms with Crippen LogP contribution in [0.2, 0.25) is 0 Å². The molecule has 20 heavy (non-hydrogen) atoms. The summed E-state index contributed by atoms with van der Waals surface area (Å²) in [6.07, 6.45) is 0. The van der Waals surface area contributed by atoms with E-state index in [1.807, 2.05) is 33.8 Å². The topological polar surface area (TPSA) is 98.0 Å². The van der Waals surface area contributed by atoms with E-state index in [1.165, 1.54) is 11.8 Å². The lowest BCUT2D eigenvalue weighted by Gasteiger charge is -2.18. The number of carbonyl (C=O) groups excluding carboxylic acids is 2. The predicted molar refractivity (Wildman–Crippen MR) is 78.2 cm³/mol. The van der Waals surface area contributed by atoms with Crippen LogP contribution < -0.4 is 11.1 Å². The van der Waals surface area contributed by atoms with Crippen LogP contribution in [0.15, 0.2) is 11.2 Å². The van der Waals surface area contributed by atoms with Crippen molar-refractivity contribution in [2.24, 2.45) is 11.7 Å². The van der Waals surface area contributed by atoms with Gasteiger partial charge in [-0.15, -0.1) is 0 Å². The van der Waals surface area contributed by atoms with Gasteiger partial charge in [0.25, 0.3) is 0 Å². The van der Waals surface area contributed by atoms with Crippen molar-refractivity contribution < 1.29 is 9.59 Å². The summed E-state index contributed by atoms with van der Waals surface area (Å²) < 4.78 is 0. The highest BCUT2D eigenvalue weighted by atomic mass is 32.2. The molecule has 2 amide bonds. The molecule has 0 radical (unpaired) electrons. The van der Waals surface area contributed by atoms with Crippen LogP contribution in [0, 0.1) is 19.8 Å². The zero-order chi connectivity index (χ0) is 15.3. The number of aryl methyl sites for hydroxylation is 2. The summed E-state index contributed by atoms with van der Waals surface area (Å²) in [5.74, 6) is -0.672. The fourth-order valence-electron chi connectivity index (χ4n) is 1.67.